The van der Waals surface area contributed by atoms with E-state index < -0.39 is 5.60 Å². The number of nitriles is 1. The lowest BCUT2D eigenvalue weighted by Crippen LogP contribution is -2.50. The van der Waals surface area contributed by atoms with Gasteiger partial charge in [0, 0.05) is 75.8 Å². The van der Waals surface area contributed by atoms with Crippen molar-refractivity contribution in [2.45, 2.75) is 39.0 Å². The number of ether oxygens (including phenoxy) is 1. The summed E-state index contributed by atoms with van der Waals surface area (Å²) in [5, 5.41) is 10.5. The summed E-state index contributed by atoms with van der Waals surface area (Å²) in [6, 6.07) is 12.7. The maximum absolute atomic E-state index is 12.4. The first-order valence-electron chi connectivity index (χ1n) is 13.3. The Bertz CT molecular complexity index is 1420. The normalized spacial score (nSPS) is 19.7. The minimum absolute atomic E-state index is 0.244. The summed E-state index contributed by atoms with van der Waals surface area (Å²) < 4.78 is 5.53. The predicted molar refractivity (Wildman–Crippen MR) is 146 cm³/mol. The summed E-state index contributed by atoms with van der Waals surface area (Å²) in [5.74, 6) is 0.980. The van der Waals surface area contributed by atoms with Crippen molar-refractivity contribution in [1.29, 1.82) is 5.26 Å². The monoisotopic (exact) mass is 511 g/mol. The van der Waals surface area contributed by atoms with Crippen molar-refractivity contribution < 1.29 is 9.53 Å². The first-order valence-corrected chi connectivity index (χ1v) is 13.3. The van der Waals surface area contributed by atoms with Crippen molar-refractivity contribution in [2.75, 3.05) is 55.6 Å². The van der Waals surface area contributed by atoms with Gasteiger partial charge < -0.3 is 19.4 Å². The van der Waals surface area contributed by atoms with Crippen LogP contribution in [0.3, 0.4) is 0 Å². The highest BCUT2D eigenvalue weighted by Gasteiger charge is 2.36. The number of aromatic nitrogens is 2. The Balaban J connectivity index is 1.17. The molecule has 0 aliphatic carbocycles. The summed E-state index contributed by atoms with van der Waals surface area (Å²) in [6.07, 6.45) is 3.56. The van der Waals surface area contributed by atoms with Crippen LogP contribution in [0.4, 0.5) is 16.3 Å². The first kappa shape index (κ1) is 24.4. The van der Waals surface area contributed by atoms with Gasteiger partial charge in [-0.1, -0.05) is 0 Å². The van der Waals surface area contributed by atoms with Gasteiger partial charge in [0.15, 0.2) is 0 Å². The van der Waals surface area contributed by atoms with Crippen molar-refractivity contribution >= 4 is 28.5 Å². The molecule has 0 saturated carbocycles. The van der Waals surface area contributed by atoms with E-state index in [1.807, 2.05) is 32.9 Å². The molecule has 2 fully saturated rings. The standard InChI is InChI=1S/C29H33N7O2/c1-29(2,3)38-28(37)34-11-9-33(10-12-34)26-15-21-18-35-13-14-36(19-25(35)23(21)17-32-26)24-7-6-20(16-30)27-22(24)5-4-8-31-27/h4-8,15,17,25H,9-14,18-19H2,1-3H3. The van der Waals surface area contributed by atoms with E-state index in [1.54, 1.807) is 11.1 Å². The quantitative estimate of drug-likeness (QED) is 0.511. The molecule has 0 radical (unpaired) electrons. The van der Waals surface area contributed by atoms with Crippen LogP contribution in [0.5, 0.6) is 0 Å². The molecule has 6 rings (SSSR count). The number of fused-ring (bicyclic) bond motifs is 4. The second-order valence-corrected chi connectivity index (χ2v) is 11.3. The molecule has 3 aromatic rings. The van der Waals surface area contributed by atoms with Gasteiger partial charge in [-0.25, -0.2) is 9.78 Å². The van der Waals surface area contributed by atoms with Crippen LogP contribution >= 0.6 is 0 Å². The van der Waals surface area contributed by atoms with Gasteiger partial charge in [-0.3, -0.25) is 9.88 Å². The van der Waals surface area contributed by atoms with Crippen molar-refractivity contribution in [2.24, 2.45) is 0 Å². The molecule has 5 heterocycles. The molecule has 3 aliphatic heterocycles. The predicted octanol–water partition coefficient (Wildman–Crippen LogP) is 3.94. The molecule has 1 atom stereocenters. The molecule has 0 bridgehead atoms. The minimum atomic E-state index is -0.485. The lowest BCUT2D eigenvalue weighted by Gasteiger charge is -2.39. The van der Waals surface area contributed by atoms with E-state index in [2.05, 4.69) is 50.1 Å². The first-order chi connectivity index (χ1) is 18.3. The van der Waals surface area contributed by atoms with Crippen LogP contribution in [0.2, 0.25) is 0 Å². The molecule has 2 saturated heterocycles. The van der Waals surface area contributed by atoms with E-state index in [9.17, 15) is 10.1 Å². The number of benzene rings is 1. The molecule has 196 valence electrons. The van der Waals surface area contributed by atoms with Gasteiger partial charge in [0.2, 0.25) is 0 Å². The summed E-state index contributed by atoms with van der Waals surface area (Å²) in [7, 11) is 0. The summed E-state index contributed by atoms with van der Waals surface area (Å²) in [4.78, 5) is 30.8. The Morgan fingerprint density at radius 1 is 1.05 bits per heavy atom. The average molecular weight is 512 g/mol. The second kappa shape index (κ2) is 9.44. The number of piperazine rings is 2. The molecule has 9 nitrogen and oxygen atoms in total. The van der Waals surface area contributed by atoms with E-state index in [4.69, 9.17) is 9.72 Å². The van der Waals surface area contributed by atoms with Gasteiger partial charge in [0.05, 0.1) is 17.1 Å². The maximum atomic E-state index is 12.4. The Labute approximate surface area is 223 Å². The van der Waals surface area contributed by atoms with E-state index >= 15 is 0 Å². The fourth-order valence-electron chi connectivity index (χ4n) is 5.82. The molecule has 38 heavy (non-hydrogen) atoms. The van der Waals surface area contributed by atoms with Crippen LogP contribution in [-0.2, 0) is 11.3 Å². The zero-order valence-corrected chi connectivity index (χ0v) is 22.2. The zero-order chi connectivity index (χ0) is 26.4. The maximum Gasteiger partial charge on any atom is 0.410 e. The average Bonchev–Trinajstić information content (AvgIpc) is 3.28. The van der Waals surface area contributed by atoms with Crippen LogP contribution in [0.25, 0.3) is 10.9 Å². The second-order valence-electron chi connectivity index (χ2n) is 11.3. The zero-order valence-electron chi connectivity index (χ0n) is 22.2. The Hall–Kier alpha value is -3.90. The number of carbonyl (C=O) groups excluding carboxylic acids is 1. The highest BCUT2D eigenvalue weighted by Crippen LogP contribution is 2.39. The fourth-order valence-corrected chi connectivity index (χ4v) is 5.82. The van der Waals surface area contributed by atoms with Gasteiger partial charge in [-0.2, -0.15) is 5.26 Å². The molecule has 3 aliphatic rings. The molecule has 0 spiro atoms. The fraction of sp³-hybridized carbons (Fsp3) is 0.448. The number of carbonyl (C=O) groups is 1. The van der Waals surface area contributed by atoms with Gasteiger partial charge in [-0.05, 0) is 62.2 Å². The topological polar surface area (TPSA) is 88.8 Å². The van der Waals surface area contributed by atoms with Crippen LogP contribution in [0, 0.1) is 11.3 Å². The number of rotatable bonds is 2. The number of hydrogen-bond donors (Lipinski definition) is 0. The van der Waals surface area contributed by atoms with Crippen LogP contribution in [-0.4, -0.2) is 77.3 Å². The van der Waals surface area contributed by atoms with Crippen LogP contribution in [0.15, 0.2) is 42.7 Å². The summed E-state index contributed by atoms with van der Waals surface area (Å²) >= 11 is 0. The SMILES string of the molecule is CC(C)(C)OC(=O)N1CCN(c2cc3c(cn2)C2CN(c4ccc(C#N)c5ncccc45)CCN2C3)CC1. The highest BCUT2D eigenvalue weighted by atomic mass is 16.6. The summed E-state index contributed by atoms with van der Waals surface area (Å²) in [5.41, 5.74) is 4.65. The molecule has 2 aromatic heterocycles. The lowest BCUT2D eigenvalue weighted by atomic mass is 10.0. The van der Waals surface area contributed by atoms with Crippen molar-refractivity contribution in [3.05, 3.63) is 59.4 Å². The molecule has 0 N–H and O–H groups in total. The number of pyridine rings is 2. The largest absolute Gasteiger partial charge is 0.444 e. The highest BCUT2D eigenvalue weighted by molar-refractivity contribution is 5.95. The van der Waals surface area contributed by atoms with E-state index in [0.29, 0.717) is 18.7 Å². The third-order valence-electron chi connectivity index (χ3n) is 7.70. The van der Waals surface area contributed by atoms with Gasteiger partial charge in [-0.15, -0.1) is 0 Å². The molecule has 9 heteroatoms. The number of anilines is 2. The van der Waals surface area contributed by atoms with Crippen LogP contribution in [0.1, 0.15) is 43.5 Å². The molecular formula is C29H33N7O2. The summed E-state index contributed by atoms with van der Waals surface area (Å²) in [6.45, 7) is 12.1. The van der Waals surface area contributed by atoms with Gasteiger partial charge in [0.1, 0.15) is 17.5 Å². The molecule has 1 unspecified atom stereocenters. The number of amides is 1. The number of nitrogens with zero attached hydrogens (tertiary/aromatic N) is 7. The van der Waals surface area contributed by atoms with Crippen LogP contribution < -0.4 is 9.80 Å². The molecule has 1 amide bonds. The van der Waals surface area contributed by atoms with E-state index in [0.717, 1.165) is 61.7 Å². The van der Waals surface area contributed by atoms with Crippen molar-refractivity contribution in [3.63, 3.8) is 0 Å². The smallest absolute Gasteiger partial charge is 0.410 e. The third-order valence-corrected chi connectivity index (χ3v) is 7.70. The Morgan fingerprint density at radius 2 is 1.84 bits per heavy atom. The third kappa shape index (κ3) is 4.50. The van der Waals surface area contributed by atoms with E-state index in [1.165, 1.54) is 11.1 Å². The lowest BCUT2D eigenvalue weighted by molar-refractivity contribution is 0.0240. The molecular weight excluding hydrogens is 478 g/mol. The van der Waals surface area contributed by atoms with Crippen molar-refractivity contribution in [3.8, 4) is 6.07 Å². The molecule has 1 aromatic carbocycles. The Kier molecular flexibility index (Phi) is 6.07. The Morgan fingerprint density at radius 3 is 2.61 bits per heavy atom. The van der Waals surface area contributed by atoms with Gasteiger partial charge >= 0.3 is 6.09 Å². The van der Waals surface area contributed by atoms with Crippen molar-refractivity contribution in [1.82, 2.24) is 19.8 Å². The minimum Gasteiger partial charge on any atom is -0.444 e. The number of hydrogen-bond acceptors (Lipinski definition) is 8. The van der Waals surface area contributed by atoms with Gasteiger partial charge in [0.25, 0.3) is 0 Å². The van der Waals surface area contributed by atoms with E-state index in [-0.39, 0.29) is 12.1 Å².